The molecule has 19 heavy (non-hydrogen) atoms. The van der Waals surface area contributed by atoms with Crippen molar-refractivity contribution in [3.05, 3.63) is 57.5 Å². The predicted molar refractivity (Wildman–Crippen MR) is 75.5 cm³/mol. The fraction of sp³-hybridized carbons (Fsp3) is 0.0769. The Morgan fingerprint density at radius 2 is 2.05 bits per heavy atom. The van der Waals surface area contributed by atoms with Crippen LogP contribution in [-0.2, 0) is 7.05 Å². The fourth-order valence-corrected chi connectivity index (χ4v) is 1.67. The highest BCUT2D eigenvalue weighted by Crippen LogP contribution is 2.20. The minimum atomic E-state index is -0.318. The highest BCUT2D eigenvalue weighted by atomic mass is 35.5. The molecule has 1 amide bonds. The molecular formula is C13H12ClN3O2. The molecular weight excluding hydrogens is 266 g/mol. The van der Waals surface area contributed by atoms with Gasteiger partial charge >= 0.3 is 0 Å². The third-order valence-electron chi connectivity index (χ3n) is 2.60. The van der Waals surface area contributed by atoms with Crippen molar-refractivity contribution < 1.29 is 4.79 Å². The van der Waals surface area contributed by atoms with Crippen LogP contribution >= 0.6 is 11.6 Å². The summed E-state index contributed by atoms with van der Waals surface area (Å²) in [5.41, 5.74) is 6.76. The lowest BCUT2D eigenvalue weighted by Gasteiger charge is -2.07. The number of carbonyl (C=O) groups is 1. The predicted octanol–water partition coefficient (Wildman–Crippen LogP) is 1.87. The number of anilines is 2. The number of nitrogens with two attached hydrogens (primary N) is 1. The third-order valence-corrected chi connectivity index (χ3v) is 2.95. The highest BCUT2D eigenvalue weighted by Gasteiger charge is 2.08. The molecule has 2 rings (SSSR count). The minimum absolute atomic E-state index is 0.145. The maximum absolute atomic E-state index is 12.0. The van der Waals surface area contributed by atoms with Crippen molar-refractivity contribution in [2.45, 2.75) is 0 Å². The average Bonchev–Trinajstić information content (AvgIpc) is 2.37. The zero-order chi connectivity index (χ0) is 14.0. The Kier molecular flexibility index (Phi) is 3.57. The second-order valence-corrected chi connectivity index (χ2v) is 4.46. The maximum atomic E-state index is 12.0. The van der Waals surface area contributed by atoms with E-state index in [0.29, 0.717) is 22.0 Å². The van der Waals surface area contributed by atoms with Gasteiger partial charge in [0.1, 0.15) is 0 Å². The first-order valence-corrected chi connectivity index (χ1v) is 5.88. The van der Waals surface area contributed by atoms with E-state index in [0.717, 1.165) is 0 Å². The van der Waals surface area contributed by atoms with Gasteiger partial charge < -0.3 is 15.6 Å². The summed E-state index contributed by atoms with van der Waals surface area (Å²) in [4.78, 5) is 23.2. The van der Waals surface area contributed by atoms with Gasteiger partial charge in [-0.05, 0) is 24.3 Å². The monoisotopic (exact) mass is 277 g/mol. The Bertz CT molecular complexity index is 695. The quantitative estimate of drug-likeness (QED) is 0.823. The maximum Gasteiger partial charge on any atom is 0.255 e. The number of halogens is 1. The molecule has 0 spiro atoms. The number of amides is 1. The van der Waals surface area contributed by atoms with Crippen LogP contribution in [0.3, 0.4) is 0 Å². The van der Waals surface area contributed by atoms with Crippen molar-refractivity contribution in [2.24, 2.45) is 7.05 Å². The first-order valence-electron chi connectivity index (χ1n) is 5.50. The van der Waals surface area contributed by atoms with Crippen LogP contribution in [0.2, 0.25) is 5.02 Å². The van der Waals surface area contributed by atoms with Gasteiger partial charge in [-0.3, -0.25) is 9.59 Å². The molecule has 0 saturated carbocycles. The standard InChI is InChI=1S/C13H12ClN3O2/c1-17-7-9(3-5-12(17)18)16-13(19)8-2-4-10(14)11(15)6-8/h2-7H,15H2,1H3,(H,16,19). The van der Waals surface area contributed by atoms with Crippen molar-refractivity contribution >= 4 is 28.9 Å². The summed E-state index contributed by atoms with van der Waals surface area (Å²) in [7, 11) is 1.61. The topological polar surface area (TPSA) is 77.1 Å². The average molecular weight is 278 g/mol. The minimum Gasteiger partial charge on any atom is -0.398 e. The SMILES string of the molecule is Cn1cc(NC(=O)c2ccc(Cl)c(N)c2)ccc1=O. The molecule has 0 radical (unpaired) electrons. The Labute approximate surface area is 114 Å². The van der Waals surface area contributed by atoms with Gasteiger partial charge in [-0.15, -0.1) is 0 Å². The zero-order valence-electron chi connectivity index (χ0n) is 10.2. The summed E-state index contributed by atoms with van der Waals surface area (Å²) in [6, 6.07) is 7.56. The van der Waals surface area contributed by atoms with Gasteiger partial charge in [0.15, 0.2) is 0 Å². The first-order chi connectivity index (χ1) is 8.97. The van der Waals surface area contributed by atoms with Crippen molar-refractivity contribution in [3.63, 3.8) is 0 Å². The molecule has 1 heterocycles. The summed E-state index contributed by atoms with van der Waals surface area (Å²) in [6.07, 6.45) is 1.54. The van der Waals surface area contributed by atoms with Crippen LogP contribution in [0.1, 0.15) is 10.4 Å². The molecule has 0 aliphatic carbocycles. The summed E-state index contributed by atoms with van der Waals surface area (Å²) in [5, 5.41) is 3.08. The van der Waals surface area contributed by atoms with Crippen LogP contribution in [0.4, 0.5) is 11.4 Å². The van der Waals surface area contributed by atoms with E-state index in [1.807, 2.05) is 0 Å². The van der Waals surface area contributed by atoms with E-state index in [9.17, 15) is 9.59 Å². The molecule has 1 aromatic carbocycles. The van der Waals surface area contributed by atoms with Crippen LogP contribution in [0.15, 0.2) is 41.3 Å². The van der Waals surface area contributed by atoms with E-state index in [-0.39, 0.29) is 11.5 Å². The van der Waals surface area contributed by atoms with Crippen molar-refractivity contribution in [1.29, 1.82) is 0 Å². The molecule has 1 aromatic heterocycles. The third kappa shape index (κ3) is 2.95. The van der Waals surface area contributed by atoms with Crippen LogP contribution in [-0.4, -0.2) is 10.5 Å². The normalized spacial score (nSPS) is 10.2. The number of hydrogen-bond donors (Lipinski definition) is 2. The number of nitrogens with one attached hydrogen (secondary N) is 1. The molecule has 6 heteroatoms. The van der Waals surface area contributed by atoms with E-state index in [4.69, 9.17) is 17.3 Å². The van der Waals surface area contributed by atoms with Crippen molar-refractivity contribution in [1.82, 2.24) is 4.57 Å². The number of aryl methyl sites for hydroxylation is 1. The largest absolute Gasteiger partial charge is 0.398 e. The van der Waals surface area contributed by atoms with Gasteiger partial charge in [0.2, 0.25) is 5.56 Å². The number of nitrogens with zero attached hydrogens (tertiary/aromatic N) is 1. The van der Waals surface area contributed by atoms with Crippen LogP contribution in [0.25, 0.3) is 0 Å². The molecule has 0 saturated heterocycles. The molecule has 5 nitrogen and oxygen atoms in total. The second kappa shape index (κ2) is 5.16. The Morgan fingerprint density at radius 1 is 1.32 bits per heavy atom. The molecule has 98 valence electrons. The molecule has 2 aromatic rings. The highest BCUT2D eigenvalue weighted by molar-refractivity contribution is 6.33. The van der Waals surface area contributed by atoms with Gasteiger partial charge in [-0.2, -0.15) is 0 Å². The number of pyridine rings is 1. The molecule has 0 bridgehead atoms. The number of carbonyl (C=O) groups excluding carboxylic acids is 1. The Hall–Kier alpha value is -2.27. The number of rotatable bonds is 2. The van der Waals surface area contributed by atoms with Gasteiger partial charge in [0, 0.05) is 24.9 Å². The van der Waals surface area contributed by atoms with Gasteiger partial charge in [0.05, 0.1) is 16.4 Å². The lowest BCUT2D eigenvalue weighted by Crippen LogP contribution is -2.18. The Morgan fingerprint density at radius 3 is 2.68 bits per heavy atom. The molecule has 3 N–H and O–H groups in total. The van der Waals surface area contributed by atoms with Crippen molar-refractivity contribution in [3.8, 4) is 0 Å². The van der Waals surface area contributed by atoms with Crippen molar-refractivity contribution in [2.75, 3.05) is 11.1 Å². The number of aromatic nitrogens is 1. The summed E-state index contributed by atoms with van der Waals surface area (Å²) < 4.78 is 1.38. The number of hydrogen-bond acceptors (Lipinski definition) is 3. The second-order valence-electron chi connectivity index (χ2n) is 4.06. The lowest BCUT2D eigenvalue weighted by molar-refractivity contribution is 0.102. The van der Waals surface area contributed by atoms with Crippen LogP contribution in [0, 0.1) is 0 Å². The van der Waals surface area contributed by atoms with E-state index in [2.05, 4.69) is 5.32 Å². The summed E-state index contributed by atoms with van der Waals surface area (Å²) >= 11 is 5.79. The number of benzene rings is 1. The molecule has 0 unspecified atom stereocenters. The van der Waals surface area contributed by atoms with E-state index < -0.39 is 0 Å². The lowest BCUT2D eigenvalue weighted by atomic mass is 10.2. The van der Waals surface area contributed by atoms with Gasteiger partial charge in [-0.1, -0.05) is 11.6 Å². The van der Waals surface area contributed by atoms with Crippen LogP contribution < -0.4 is 16.6 Å². The summed E-state index contributed by atoms with van der Waals surface area (Å²) in [5.74, 6) is -0.318. The van der Waals surface area contributed by atoms with Gasteiger partial charge in [-0.25, -0.2) is 0 Å². The zero-order valence-corrected chi connectivity index (χ0v) is 10.9. The smallest absolute Gasteiger partial charge is 0.255 e. The fourth-order valence-electron chi connectivity index (χ4n) is 1.56. The van der Waals surface area contributed by atoms with E-state index in [1.165, 1.54) is 16.7 Å². The van der Waals surface area contributed by atoms with Crippen LogP contribution in [0.5, 0.6) is 0 Å². The summed E-state index contributed by atoms with van der Waals surface area (Å²) in [6.45, 7) is 0. The molecule has 0 fully saturated rings. The molecule has 0 aliphatic heterocycles. The molecule has 0 aliphatic rings. The van der Waals surface area contributed by atoms with E-state index in [1.54, 1.807) is 31.4 Å². The first kappa shape index (κ1) is 13.2. The van der Waals surface area contributed by atoms with E-state index >= 15 is 0 Å². The van der Waals surface area contributed by atoms with Gasteiger partial charge in [0.25, 0.3) is 5.91 Å². The molecule has 0 atom stereocenters. The number of nitrogen functional groups attached to an aromatic ring is 1. The Balaban J connectivity index is 2.22.